The van der Waals surface area contributed by atoms with Gasteiger partial charge in [0.15, 0.2) is 11.6 Å². The number of ether oxygens (including phenoxy) is 1. The van der Waals surface area contributed by atoms with Crippen molar-refractivity contribution >= 4 is 0 Å². The molecule has 0 bridgehead atoms. The SMILES string of the molecule is COc1cccc(CN2CCC(C3CCCN3)CC2)c1F. The summed E-state index contributed by atoms with van der Waals surface area (Å²) in [7, 11) is 1.52. The molecule has 2 aliphatic heterocycles. The molecule has 1 aromatic carbocycles. The van der Waals surface area contributed by atoms with Crippen molar-refractivity contribution in [2.75, 3.05) is 26.7 Å². The number of hydrogen-bond acceptors (Lipinski definition) is 3. The van der Waals surface area contributed by atoms with Gasteiger partial charge in [-0.3, -0.25) is 4.90 Å². The highest BCUT2D eigenvalue weighted by Crippen LogP contribution is 2.27. The van der Waals surface area contributed by atoms with Gasteiger partial charge in [0.25, 0.3) is 0 Å². The molecule has 21 heavy (non-hydrogen) atoms. The van der Waals surface area contributed by atoms with Gasteiger partial charge in [0.1, 0.15) is 0 Å². The zero-order chi connectivity index (χ0) is 14.7. The Bertz CT molecular complexity index is 466. The lowest BCUT2D eigenvalue weighted by atomic mass is 9.88. The zero-order valence-corrected chi connectivity index (χ0v) is 12.8. The van der Waals surface area contributed by atoms with E-state index in [9.17, 15) is 4.39 Å². The van der Waals surface area contributed by atoms with Crippen LogP contribution in [0, 0.1) is 11.7 Å². The van der Waals surface area contributed by atoms with Gasteiger partial charge in [0.2, 0.25) is 0 Å². The van der Waals surface area contributed by atoms with E-state index in [1.54, 1.807) is 6.07 Å². The molecule has 1 unspecified atom stereocenters. The van der Waals surface area contributed by atoms with E-state index in [0.29, 0.717) is 12.3 Å². The van der Waals surface area contributed by atoms with Crippen LogP contribution in [-0.4, -0.2) is 37.7 Å². The van der Waals surface area contributed by atoms with Crippen LogP contribution in [0.3, 0.4) is 0 Å². The molecule has 2 heterocycles. The Morgan fingerprint density at radius 3 is 2.76 bits per heavy atom. The molecule has 2 saturated heterocycles. The Morgan fingerprint density at radius 2 is 2.10 bits per heavy atom. The number of nitrogens with zero attached hydrogens (tertiary/aromatic N) is 1. The summed E-state index contributed by atoms with van der Waals surface area (Å²) in [5.74, 6) is 0.941. The molecule has 0 radical (unpaired) electrons. The van der Waals surface area contributed by atoms with Gasteiger partial charge < -0.3 is 10.1 Å². The molecule has 3 rings (SSSR count). The molecule has 1 atom stereocenters. The Kier molecular flexibility index (Phi) is 4.76. The third-order valence-corrected chi connectivity index (χ3v) is 4.96. The molecular formula is C17H25FN2O. The number of halogens is 1. The van der Waals surface area contributed by atoms with Crippen LogP contribution in [0.25, 0.3) is 0 Å². The van der Waals surface area contributed by atoms with Crippen LogP contribution >= 0.6 is 0 Å². The second-order valence-corrected chi connectivity index (χ2v) is 6.25. The number of rotatable bonds is 4. The Morgan fingerprint density at radius 1 is 1.29 bits per heavy atom. The van der Waals surface area contributed by atoms with Gasteiger partial charge in [-0.1, -0.05) is 12.1 Å². The quantitative estimate of drug-likeness (QED) is 0.923. The molecule has 3 nitrogen and oxygen atoms in total. The first kappa shape index (κ1) is 14.8. The largest absolute Gasteiger partial charge is 0.494 e. The lowest BCUT2D eigenvalue weighted by Gasteiger charge is -2.35. The third-order valence-electron chi connectivity index (χ3n) is 4.96. The van der Waals surface area contributed by atoms with Crippen molar-refractivity contribution < 1.29 is 9.13 Å². The standard InChI is InChI=1S/C17H25FN2O/c1-21-16-6-2-4-14(17(16)18)12-20-10-7-13(8-11-20)15-5-3-9-19-15/h2,4,6,13,15,19H,3,5,7-12H2,1H3. The van der Waals surface area contributed by atoms with Crippen LogP contribution in [0.5, 0.6) is 5.75 Å². The average Bonchev–Trinajstić information content (AvgIpc) is 3.04. The normalized spacial score (nSPS) is 24.4. The summed E-state index contributed by atoms with van der Waals surface area (Å²) in [5.41, 5.74) is 0.742. The highest BCUT2D eigenvalue weighted by atomic mass is 19.1. The fraction of sp³-hybridized carbons (Fsp3) is 0.647. The maximum Gasteiger partial charge on any atom is 0.169 e. The fourth-order valence-corrected chi connectivity index (χ4v) is 3.70. The molecule has 1 aromatic rings. The summed E-state index contributed by atoms with van der Waals surface area (Å²) in [6.45, 7) is 4.01. The number of nitrogens with one attached hydrogen (secondary N) is 1. The highest BCUT2D eigenvalue weighted by Gasteiger charge is 2.28. The third kappa shape index (κ3) is 3.38. The first-order chi connectivity index (χ1) is 10.3. The van der Waals surface area contributed by atoms with E-state index >= 15 is 0 Å². The van der Waals surface area contributed by atoms with Crippen molar-refractivity contribution in [1.29, 1.82) is 0 Å². The molecule has 0 amide bonds. The molecule has 116 valence electrons. The number of hydrogen-bond donors (Lipinski definition) is 1. The van der Waals surface area contributed by atoms with E-state index < -0.39 is 0 Å². The van der Waals surface area contributed by atoms with Crippen LogP contribution in [0.2, 0.25) is 0 Å². The van der Waals surface area contributed by atoms with E-state index in [1.165, 1.54) is 39.3 Å². The molecule has 1 N–H and O–H groups in total. The predicted octanol–water partition coefficient (Wildman–Crippen LogP) is 2.80. The fourth-order valence-electron chi connectivity index (χ4n) is 3.70. The van der Waals surface area contributed by atoms with Gasteiger partial charge >= 0.3 is 0 Å². The summed E-state index contributed by atoms with van der Waals surface area (Å²) in [6.07, 6.45) is 5.10. The first-order valence-electron chi connectivity index (χ1n) is 8.05. The molecule has 2 fully saturated rings. The molecule has 0 aliphatic carbocycles. The molecular weight excluding hydrogens is 267 g/mol. The van der Waals surface area contributed by atoms with Gasteiger partial charge in [-0.25, -0.2) is 4.39 Å². The minimum absolute atomic E-state index is 0.209. The summed E-state index contributed by atoms with van der Waals surface area (Å²) in [6, 6.07) is 6.13. The summed E-state index contributed by atoms with van der Waals surface area (Å²) >= 11 is 0. The van der Waals surface area contributed by atoms with Crippen molar-refractivity contribution in [2.45, 2.75) is 38.3 Å². The van der Waals surface area contributed by atoms with Gasteiger partial charge in [-0.05, 0) is 57.3 Å². The molecule has 4 heteroatoms. The maximum absolute atomic E-state index is 14.2. The molecule has 2 aliphatic rings. The van der Waals surface area contributed by atoms with Crippen LogP contribution < -0.4 is 10.1 Å². The second-order valence-electron chi connectivity index (χ2n) is 6.25. The Hall–Kier alpha value is -1.13. The van der Waals surface area contributed by atoms with Gasteiger partial charge in [0, 0.05) is 18.2 Å². The van der Waals surface area contributed by atoms with Crippen molar-refractivity contribution in [1.82, 2.24) is 10.2 Å². The van der Waals surface area contributed by atoms with Crippen molar-refractivity contribution in [3.8, 4) is 5.75 Å². The number of methoxy groups -OCH3 is 1. The van der Waals surface area contributed by atoms with Crippen molar-refractivity contribution in [3.63, 3.8) is 0 Å². The molecule has 0 aromatic heterocycles. The van der Waals surface area contributed by atoms with Crippen LogP contribution in [0.1, 0.15) is 31.2 Å². The van der Waals surface area contributed by atoms with Crippen LogP contribution in [-0.2, 0) is 6.54 Å². The monoisotopic (exact) mass is 292 g/mol. The predicted molar refractivity (Wildman–Crippen MR) is 82.0 cm³/mol. The molecule has 0 saturated carbocycles. The maximum atomic E-state index is 14.2. The van der Waals surface area contributed by atoms with Gasteiger partial charge in [0.05, 0.1) is 7.11 Å². The van der Waals surface area contributed by atoms with Crippen LogP contribution in [0.15, 0.2) is 18.2 Å². The average molecular weight is 292 g/mol. The number of likely N-dealkylation sites (tertiary alicyclic amines) is 1. The second kappa shape index (κ2) is 6.75. The van der Waals surface area contributed by atoms with E-state index in [0.717, 1.165) is 30.6 Å². The molecule has 0 spiro atoms. The van der Waals surface area contributed by atoms with Gasteiger partial charge in [-0.2, -0.15) is 0 Å². The number of piperidine rings is 1. The van der Waals surface area contributed by atoms with Crippen molar-refractivity contribution in [3.05, 3.63) is 29.6 Å². The number of benzene rings is 1. The minimum atomic E-state index is -0.209. The van der Waals surface area contributed by atoms with Gasteiger partial charge in [-0.15, -0.1) is 0 Å². The summed E-state index contributed by atoms with van der Waals surface area (Å²) in [4.78, 5) is 2.36. The summed E-state index contributed by atoms with van der Waals surface area (Å²) in [5, 5.41) is 3.62. The Labute approximate surface area is 126 Å². The minimum Gasteiger partial charge on any atom is -0.494 e. The first-order valence-corrected chi connectivity index (χ1v) is 8.05. The van der Waals surface area contributed by atoms with E-state index in [1.807, 2.05) is 12.1 Å². The lowest BCUT2D eigenvalue weighted by molar-refractivity contribution is 0.156. The van der Waals surface area contributed by atoms with Crippen molar-refractivity contribution in [2.24, 2.45) is 5.92 Å². The zero-order valence-electron chi connectivity index (χ0n) is 12.8. The van der Waals surface area contributed by atoms with Crippen LogP contribution in [0.4, 0.5) is 4.39 Å². The lowest BCUT2D eigenvalue weighted by Crippen LogP contribution is -2.40. The highest BCUT2D eigenvalue weighted by molar-refractivity contribution is 5.31. The van der Waals surface area contributed by atoms with E-state index in [-0.39, 0.29) is 5.82 Å². The smallest absolute Gasteiger partial charge is 0.169 e. The van der Waals surface area contributed by atoms with E-state index in [2.05, 4.69) is 10.2 Å². The topological polar surface area (TPSA) is 24.5 Å². The summed E-state index contributed by atoms with van der Waals surface area (Å²) < 4.78 is 19.2. The Balaban J connectivity index is 1.55. The van der Waals surface area contributed by atoms with E-state index in [4.69, 9.17) is 4.74 Å².